The maximum atomic E-state index is 12.0. The summed E-state index contributed by atoms with van der Waals surface area (Å²) in [5, 5.41) is 9.34. The van der Waals surface area contributed by atoms with E-state index < -0.39 is 11.4 Å². The number of pyridine rings is 1. The van der Waals surface area contributed by atoms with E-state index in [0.29, 0.717) is 10.9 Å². The number of hydrogen-bond acceptors (Lipinski definition) is 2. The zero-order valence-corrected chi connectivity index (χ0v) is 10.6. The number of fused-ring (bicyclic) bond motifs is 1. The molecule has 98 valence electrons. The molecule has 19 heavy (non-hydrogen) atoms. The van der Waals surface area contributed by atoms with Crippen molar-refractivity contribution in [3.05, 3.63) is 51.8 Å². The van der Waals surface area contributed by atoms with Gasteiger partial charge in [-0.2, -0.15) is 0 Å². The molecular formula is C15H15NO3. The van der Waals surface area contributed by atoms with E-state index in [1.54, 1.807) is 12.1 Å². The predicted molar refractivity (Wildman–Crippen MR) is 75.5 cm³/mol. The number of carboxylic acids is 1. The average Bonchev–Trinajstić information content (AvgIpc) is 2.39. The minimum Gasteiger partial charge on any atom is -0.477 e. The second-order valence-electron chi connectivity index (χ2n) is 4.33. The van der Waals surface area contributed by atoms with E-state index >= 15 is 0 Å². The summed E-state index contributed by atoms with van der Waals surface area (Å²) in [6, 6.07) is 5.39. The number of carbonyl (C=O) groups is 1. The largest absolute Gasteiger partial charge is 0.477 e. The summed E-state index contributed by atoms with van der Waals surface area (Å²) in [5.74, 6) is -1.21. The molecule has 4 heteroatoms. The third-order valence-electron chi connectivity index (χ3n) is 2.90. The molecular weight excluding hydrogens is 242 g/mol. The fourth-order valence-electron chi connectivity index (χ4n) is 1.88. The predicted octanol–water partition coefficient (Wildman–Crippen LogP) is 3.04. The number of H-pyrrole nitrogens is 1. The van der Waals surface area contributed by atoms with Crippen LogP contribution in [0.4, 0.5) is 0 Å². The van der Waals surface area contributed by atoms with E-state index in [1.165, 1.54) is 6.20 Å². The van der Waals surface area contributed by atoms with Crippen LogP contribution in [0.5, 0.6) is 0 Å². The number of aromatic carboxylic acids is 1. The summed E-state index contributed by atoms with van der Waals surface area (Å²) in [5.41, 5.74) is 0.853. The maximum Gasteiger partial charge on any atom is 0.341 e. The van der Waals surface area contributed by atoms with Gasteiger partial charge in [-0.05, 0) is 24.1 Å². The summed E-state index contributed by atoms with van der Waals surface area (Å²) in [7, 11) is 0. The molecule has 2 aromatic rings. The number of carboxylic acid groups (broad SMARTS) is 1. The van der Waals surface area contributed by atoms with Crippen molar-refractivity contribution in [2.24, 2.45) is 0 Å². The minimum absolute atomic E-state index is 0.234. The molecule has 0 amide bonds. The molecule has 0 aliphatic carbocycles. The van der Waals surface area contributed by atoms with Gasteiger partial charge in [0, 0.05) is 17.1 Å². The summed E-state index contributed by atoms with van der Waals surface area (Å²) in [4.78, 5) is 25.8. The molecule has 1 aromatic carbocycles. The van der Waals surface area contributed by atoms with Crippen LogP contribution in [0.25, 0.3) is 17.0 Å². The Balaban J connectivity index is 2.54. The quantitative estimate of drug-likeness (QED) is 0.884. The second kappa shape index (κ2) is 5.52. The Morgan fingerprint density at radius 1 is 1.42 bits per heavy atom. The van der Waals surface area contributed by atoms with Crippen LogP contribution in [0.1, 0.15) is 35.7 Å². The first-order chi connectivity index (χ1) is 9.13. The van der Waals surface area contributed by atoms with Gasteiger partial charge in [-0.25, -0.2) is 4.79 Å². The molecule has 4 nitrogen and oxygen atoms in total. The van der Waals surface area contributed by atoms with Gasteiger partial charge in [0.15, 0.2) is 0 Å². The SMILES string of the molecule is CCC/C=C/c1ccc2[nH]cc(C(=O)O)c(=O)c2c1. The van der Waals surface area contributed by atoms with Crippen molar-refractivity contribution in [2.45, 2.75) is 19.8 Å². The topological polar surface area (TPSA) is 70.2 Å². The van der Waals surface area contributed by atoms with E-state index in [4.69, 9.17) is 5.11 Å². The van der Waals surface area contributed by atoms with Gasteiger partial charge < -0.3 is 10.1 Å². The monoisotopic (exact) mass is 257 g/mol. The molecule has 0 aliphatic rings. The molecule has 0 radical (unpaired) electrons. The molecule has 0 fully saturated rings. The molecule has 1 heterocycles. The fraction of sp³-hybridized carbons (Fsp3) is 0.200. The van der Waals surface area contributed by atoms with Gasteiger partial charge >= 0.3 is 5.97 Å². The number of hydrogen-bond donors (Lipinski definition) is 2. The highest BCUT2D eigenvalue weighted by molar-refractivity contribution is 5.92. The zero-order chi connectivity index (χ0) is 13.8. The molecule has 0 spiro atoms. The van der Waals surface area contributed by atoms with Crippen LogP contribution in [0.3, 0.4) is 0 Å². The number of aromatic nitrogens is 1. The normalized spacial score (nSPS) is 11.2. The molecule has 0 atom stereocenters. The summed E-state index contributed by atoms with van der Waals surface area (Å²) >= 11 is 0. The number of rotatable bonds is 4. The Kier molecular flexibility index (Phi) is 3.80. The molecule has 2 rings (SSSR count). The van der Waals surface area contributed by atoms with Crippen LogP contribution in [0.15, 0.2) is 35.3 Å². The maximum absolute atomic E-state index is 12.0. The van der Waals surface area contributed by atoms with Crippen LogP contribution >= 0.6 is 0 Å². The molecule has 1 aromatic heterocycles. The second-order valence-corrected chi connectivity index (χ2v) is 4.33. The first kappa shape index (κ1) is 13.1. The molecule has 2 N–H and O–H groups in total. The standard InChI is InChI=1S/C15H15NO3/c1-2-3-4-5-10-6-7-13-11(8-10)14(17)12(9-16-13)15(18)19/h4-9H,2-3H2,1H3,(H,16,17)(H,18,19)/b5-4+. The van der Waals surface area contributed by atoms with Crippen molar-refractivity contribution >= 4 is 22.9 Å². The molecule has 0 saturated carbocycles. The van der Waals surface area contributed by atoms with Crippen LogP contribution in [0.2, 0.25) is 0 Å². The minimum atomic E-state index is -1.21. The van der Waals surface area contributed by atoms with Gasteiger partial charge in [-0.1, -0.05) is 31.6 Å². The van der Waals surface area contributed by atoms with Gasteiger partial charge in [-0.15, -0.1) is 0 Å². The number of benzene rings is 1. The van der Waals surface area contributed by atoms with Gasteiger partial charge in [0.1, 0.15) is 5.56 Å². The van der Waals surface area contributed by atoms with Crippen molar-refractivity contribution in [1.29, 1.82) is 0 Å². The van der Waals surface area contributed by atoms with Crippen molar-refractivity contribution in [3.63, 3.8) is 0 Å². The Hall–Kier alpha value is -2.36. The molecule has 0 bridgehead atoms. The van der Waals surface area contributed by atoms with Gasteiger partial charge in [0.25, 0.3) is 0 Å². The van der Waals surface area contributed by atoms with E-state index in [2.05, 4.69) is 11.9 Å². The van der Waals surface area contributed by atoms with Gasteiger partial charge in [-0.3, -0.25) is 4.79 Å². The number of allylic oxidation sites excluding steroid dienone is 1. The highest BCUT2D eigenvalue weighted by Crippen LogP contribution is 2.13. The molecule has 0 aliphatic heterocycles. The summed E-state index contributed by atoms with van der Waals surface area (Å²) in [6.45, 7) is 2.09. The summed E-state index contributed by atoms with van der Waals surface area (Å²) in [6.07, 6.45) is 7.25. The number of aromatic amines is 1. The molecule has 0 saturated heterocycles. The van der Waals surface area contributed by atoms with Gasteiger partial charge in [0.2, 0.25) is 5.43 Å². The Morgan fingerprint density at radius 3 is 2.89 bits per heavy atom. The van der Waals surface area contributed by atoms with E-state index in [9.17, 15) is 9.59 Å². The van der Waals surface area contributed by atoms with Crippen molar-refractivity contribution in [1.82, 2.24) is 4.98 Å². The lowest BCUT2D eigenvalue weighted by atomic mass is 10.1. The first-order valence-electron chi connectivity index (χ1n) is 6.18. The lowest BCUT2D eigenvalue weighted by Crippen LogP contribution is -2.15. The smallest absolute Gasteiger partial charge is 0.341 e. The third-order valence-corrected chi connectivity index (χ3v) is 2.90. The summed E-state index contributed by atoms with van der Waals surface area (Å²) < 4.78 is 0. The van der Waals surface area contributed by atoms with Crippen LogP contribution in [-0.4, -0.2) is 16.1 Å². The Morgan fingerprint density at radius 2 is 2.21 bits per heavy atom. The van der Waals surface area contributed by atoms with Crippen LogP contribution < -0.4 is 5.43 Å². The van der Waals surface area contributed by atoms with Gasteiger partial charge in [0.05, 0.1) is 0 Å². The third kappa shape index (κ3) is 2.73. The fourth-order valence-corrected chi connectivity index (χ4v) is 1.88. The van der Waals surface area contributed by atoms with Crippen molar-refractivity contribution < 1.29 is 9.90 Å². The number of unbranched alkanes of at least 4 members (excludes halogenated alkanes) is 1. The number of nitrogens with one attached hydrogen (secondary N) is 1. The van der Waals surface area contributed by atoms with E-state index in [-0.39, 0.29) is 5.56 Å². The Labute approximate surface area is 110 Å². The lowest BCUT2D eigenvalue weighted by Gasteiger charge is -2.01. The average molecular weight is 257 g/mol. The first-order valence-corrected chi connectivity index (χ1v) is 6.18. The van der Waals surface area contributed by atoms with Crippen molar-refractivity contribution in [2.75, 3.05) is 0 Å². The van der Waals surface area contributed by atoms with E-state index in [0.717, 1.165) is 18.4 Å². The van der Waals surface area contributed by atoms with Crippen LogP contribution in [-0.2, 0) is 0 Å². The molecule has 0 unspecified atom stereocenters. The lowest BCUT2D eigenvalue weighted by molar-refractivity contribution is 0.0695. The van der Waals surface area contributed by atoms with Crippen LogP contribution in [0, 0.1) is 0 Å². The Bertz CT molecular complexity index is 698. The highest BCUT2D eigenvalue weighted by atomic mass is 16.4. The van der Waals surface area contributed by atoms with Crippen molar-refractivity contribution in [3.8, 4) is 0 Å². The zero-order valence-electron chi connectivity index (χ0n) is 10.6. The highest BCUT2D eigenvalue weighted by Gasteiger charge is 2.11. The van der Waals surface area contributed by atoms with E-state index in [1.807, 2.05) is 18.2 Å².